The Morgan fingerprint density at radius 1 is 1.03 bits per heavy atom. The standard InChI is InChI=1S/C27H34N2O5/c1-5-17(3)15-23(24(30)31)28-25(32)27(4,6-2)29-26(33)34-16-22-20-13-9-7-11-18(20)19-12-8-10-14-21(19)22/h7-14,17,22-23H,5-6,15-16H2,1-4H3,(H,28,32)(H,29,33)(H,30,31). The molecule has 2 amide bonds. The molecule has 3 atom stereocenters. The van der Waals surface area contributed by atoms with E-state index in [1.165, 1.54) is 0 Å². The number of amides is 2. The number of carbonyl (C=O) groups excluding carboxylic acids is 2. The molecule has 3 unspecified atom stereocenters. The van der Waals surface area contributed by atoms with Crippen LogP contribution in [0.5, 0.6) is 0 Å². The van der Waals surface area contributed by atoms with Gasteiger partial charge in [-0.2, -0.15) is 0 Å². The van der Waals surface area contributed by atoms with Gasteiger partial charge in [-0.1, -0.05) is 75.7 Å². The van der Waals surface area contributed by atoms with E-state index in [0.29, 0.717) is 6.42 Å². The Morgan fingerprint density at radius 3 is 2.09 bits per heavy atom. The van der Waals surface area contributed by atoms with Gasteiger partial charge in [-0.05, 0) is 47.9 Å². The van der Waals surface area contributed by atoms with E-state index in [9.17, 15) is 19.5 Å². The largest absolute Gasteiger partial charge is 0.480 e. The summed E-state index contributed by atoms with van der Waals surface area (Å²) >= 11 is 0. The van der Waals surface area contributed by atoms with E-state index < -0.39 is 29.6 Å². The lowest BCUT2D eigenvalue weighted by atomic mass is 9.95. The molecule has 0 radical (unpaired) electrons. The van der Waals surface area contributed by atoms with Crippen molar-refractivity contribution in [3.63, 3.8) is 0 Å². The van der Waals surface area contributed by atoms with E-state index >= 15 is 0 Å². The van der Waals surface area contributed by atoms with Crippen molar-refractivity contribution < 1.29 is 24.2 Å². The van der Waals surface area contributed by atoms with E-state index in [1.807, 2.05) is 50.2 Å². The van der Waals surface area contributed by atoms with E-state index in [1.54, 1.807) is 13.8 Å². The third-order valence-corrected chi connectivity index (χ3v) is 6.87. The summed E-state index contributed by atoms with van der Waals surface area (Å²) in [6, 6.07) is 15.1. The number of ether oxygens (including phenoxy) is 1. The molecule has 1 aliphatic carbocycles. The van der Waals surface area contributed by atoms with Crippen molar-refractivity contribution >= 4 is 18.0 Å². The van der Waals surface area contributed by atoms with Crippen LogP contribution in [0.25, 0.3) is 11.1 Å². The Morgan fingerprint density at radius 2 is 1.59 bits per heavy atom. The fraction of sp³-hybridized carbons (Fsp3) is 0.444. The molecule has 2 aromatic carbocycles. The molecular formula is C27H34N2O5. The van der Waals surface area contributed by atoms with Gasteiger partial charge >= 0.3 is 12.1 Å². The number of carboxylic acids is 1. The normalized spacial score (nSPS) is 15.9. The molecule has 0 fully saturated rings. The monoisotopic (exact) mass is 466 g/mol. The number of carbonyl (C=O) groups is 3. The fourth-order valence-electron chi connectivity index (χ4n) is 4.27. The summed E-state index contributed by atoms with van der Waals surface area (Å²) in [6.45, 7) is 7.38. The maximum atomic E-state index is 13.0. The minimum atomic E-state index is -1.30. The molecule has 0 aliphatic heterocycles. The summed E-state index contributed by atoms with van der Waals surface area (Å²) in [4.78, 5) is 37.3. The Hall–Kier alpha value is -3.35. The number of hydrogen-bond donors (Lipinski definition) is 3. The van der Waals surface area contributed by atoms with Gasteiger partial charge in [-0.3, -0.25) is 4.79 Å². The van der Waals surface area contributed by atoms with E-state index in [2.05, 4.69) is 22.8 Å². The first-order valence-corrected chi connectivity index (χ1v) is 11.9. The van der Waals surface area contributed by atoms with Gasteiger partial charge in [0.05, 0.1) is 0 Å². The number of hydrogen-bond acceptors (Lipinski definition) is 4. The van der Waals surface area contributed by atoms with Gasteiger partial charge in [0.15, 0.2) is 0 Å². The molecule has 2 aromatic rings. The van der Waals surface area contributed by atoms with Gasteiger partial charge in [0, 0.05) is 5.92 Å². The third kappa shape index (κ3) is 5.41. The van der Waals surface area contributed by atoms with Crippen molar-refractivity contribution in [3.8, 4) is 11.1 Å². The van der Waals surface area contributed by atoms with Gasteiger partial charge in [0.1, 0.15) is 18.2 Å². The van der Waals surface area contributed by atoms with Crippen LogP contribution in [0.2, 0.25) is 0 Å². The first kappa shape index (κ1) is 25.3. The highest BCUT2D eigenvalue weighted by Gasteiger charge is 2.37. The van der Waals surface area contributed by atoms with Crippen LogP contribution in [-0.2, 0) is 14.3 Å². The number of rotatable bonds is 10. The second-order valence-corrected chi connectivity index (χ2v) is 9.25. The van der Waals surface area contributed by atoms with Gasteiger partial charge in [-0.15, -0.1) is 0 Å². The minimum absolute atomic E-state index is 0.0909. The van der Waals surface area contributed by atoms with Crippen LogP contribution in [0.4, 0.5) is 4.79 Å². The lowest BCUT2D eigenvalue weighted by molar-refractivity contribution is -0.143. The number of carboxylic acid groups (broad SMARTS) is 1. The van der Waals surface area contributed by atoms with E-state index in [-0.39, 0.29) is 24.9 Å². The van der Waals surface area contributed by atoms with E-state index in [4.69, 9.17) is 4.74 Å². The summed E-state index contributed by atoms with van der Waals surface area (Å²) in [7, 11) is 0. The van der Waals surface area contributed by atoms with Crippen LogP contribution in [0, 0.1) is 5.92 Å². The molecule has 0 saturated heterocycles. The lowest BCUT2D eigenvalue weighted by Gasteiger charge is -2.30. The van der Waals surface area contributed by atoms with Crippen molar-refractivity contribution in [2.45, 2.75) is 64.5 Å². The zero-order chi connectivity index (χ0) is 24.9. The smallest absolute Gasteiger partial charge is 0.408 e. The topological polar surface area (TPSA) is 105 Å². The van der Waals surface area contributed by atoms with Gasteiger partial charge in [0.25, 0.3) is 0 Å². The van der Waals surface area contributed by atoms with Crippen LogP contribution in [0.1, 0.15) is 64.0 Å². The Bertz CT molecular complexity index is 1010. The Labute approximate surface area is 200 Å². The average Bonchev–Trinajstić information content (AvgIpc) is 3.15. The van der Waals surface area contributed by atoms with Crippen molar-refractivity contribution in [1.82, 2.24) is 10.6 Å². The molecule has 0 saturated carbocycles. The molecule has 7 nitrogen and oxygen atoms in total. The van der Waals surface area contributed by atoms with Crippen molar-refractivity contribution in [2.75, 3.05) is 6.61 Å². The van der Waals surface area contributed by atoms with Crippen molar-refractivity contribution in [2.24, 2.45) is 5.92 Å². The van der Waals surface area contributed by atoms with Crippen LogP contribution in [-0.4, -0.2) is 41.3 Å². The summed E-state index contributed by atoms with van der Waals surface area (Å²) in [6.07, 6.45) is 0.694. The predicted octanol–water partition coefficient (Wildman–Crippen LogP) is 4.70. The third-order valence-electron chi connectivity index (χ3n) is 6.87. The highest BCUT2D eigenvalue weighted by Crippen LogP contribution is 2.44. The number of nitrogens with one attached hydrogen (secondary N) is 2. The molecule has 0 spiro atoms. The maximum Gasteiger partial charge on any atom is 0.408 e. The quantitative estimate of drug-likeness (QED) is 0.471. The summed E-state index contributed by atoms with van der Waals surface area (Å²) < 4.78 is 5.58. The van der Waals surface area contributed by atoms with Crippen LogP contribution in [0.3, 0.4) is 0 Å². The van der Waals surface area contributed by atoms with E-state index in [0.717, 1.165) is 28.7 Å². The summed E-state index contributed by atoms with van der Waals surface area (Å²) in [5, 5.41) is 14.8. The second-order valence-electron chi connectivity index (χ2n) is 9.25. The van der Waals surface area contributed by atoms with Crippen molar-refractivity contribution in [3.05, 3.63) is 59.7 Å². The molecule has 7 heteroatoms. The SMILES string of the molecule is CCC(C)CC(NC(=O)C(C)(CC)NC(=O)OCC1c2ccccc2-c2ccccc21)C(=O)O. The molecular weight excluding hydrogens is 432 g/mol. The molecule has 3 rings (SSSR count). The zero-order valence-electron chi connectivity index (χ0n) is 20.3. The fourth-order valence-corrected chi connectivity index (χ4v) is 4.27. The van der Waals surface area contributed by atoms with Crippen LogP contribution in [0.15, 0.2) is 48.5 Å². The van der Waals surface area contributed by atoms with Gasteiger partial charge < -0.3 is 20.5 Å². The second kappa shape index (κ2) is 10.7. The maximum absolute atomic E-state index is 13.0. The Kier molecular flexibility index (Phi) is 7.97. The van der Waals surface area contributed by atoms with Crippen molar-refractivity contribution in [1.29, 1.82) is 0 Å². The van der Waals surface area contributed by atoms with Gasteiger partial charge in [-0.25, -0.2) is 9.59 Å². The zero-order valence-corrected chi connectivity index (χ0v) is 20.3. The molecule has 0 bridgehead atoms. The summed E-state index contributed by atoms with van der Waals surface area (Å²) in [5.74, 6) is -1.58. The Balaban J connectivity index is 1.66. The molecule has 182 valence electrons. The minimum Gasteiger partial charge on any atom is -0.480 e. The molecule has 0 aromatic heterocycles. The first-order chi connectivity index (χ1) is 16.2. The number of fused-ring (bicyclic) bond motifs is 3. The highest BCUT2D eigenvalue weighted by molar-refractivity contribution is 5.92. The average molecular weight is 467 g/mol. The number of benzene rings is 2. The number of alkyl carbamates (subject to hydrolysis) is 1. The molecule has 1 aliphatic rings. The van der Waals surface area contributed by atoms with Crippen LogP contribution < -0.4 is 10.6 Å². The first-order valence-electron chi connectivity index (χ1n) is 11.9. The molecule has 34 heavy (non-hydrogen) atoms. The lowest BCUT2D eigenvalue weighted by Crippen LogP contribution is -2.59. The van der Waals surface area contributed by atoms with Gasteiger partial charge in [0.2, 0.25) is 5.91 Å². The predicted molar refractivity (Wildman–Crippen MR) is 131 cm³/mol. The summed E-state index contributed by atoms with van der Waals surface area (Å²) in [5.41, 5.74) is 3.16. The number of aliphatic carboxylic acids is 1. The molecule has 3 N–H and O–H groups in total. The van der Waals surface area contributed by atoms with Crippen LogP contribution >= 0.6 is 0 Å². The highest BCUT2D eigenvalue weighted by atomic mass is 16.5. The molecule has 0 heterocycles.